The largest absolute Gasteiger partial charge is 0.496 e. The van der Waals surface area contributed by atoms with E-state index in [9.17, 15) is 14.7 Å². The zero-order valence-corrected chi connectivity index (χ0v) is 20.6. The van der Waals surface area contributed by atoms with Crippen molar-refractivity contribution in [1.82, 2.24) is 14.4 Å². The average molecular weight is 478 g/mol. The van der Waals surface area contributed by atoms with Crippen molar-refractivity contribution in [2.45, 2.75) is 51.4 Å². The molecule has 1 aromatic carbocycles. The number of piperidine rings is 1. The number of rotatable bonds is 6. The van der Waals surface area contributed by atoms with Gasteiger partial charge >= 0.3 is 0 Å². The number of methoxy groups -OCH3 is 1. The zero-order chi connectivity index (χ0) is 24.5. The van der Waals surface area contributed by atoms with Crippen LogP contribution in [0.15, 0.2) is 47.3 Å². The van der Waals surface area contributed by atoms with Crippen LogP contribution >= 0.6 is 0 Å². The van der Waals surface area contributed by atoms with Crippen LogP contribution in [0.2, 0.25) is 0 Å². The lowest BCUT2D eigenvalue weighted by atomic mass is 9.88. The van der Waals surface area contributed by atoms with Crippen molar-refractivity contribution in [3.63, 3.8) is 0 Å². The number of aliphatic hydroxyl groups excluding tert-OH is 1. The molecule has 1 N–H and O–H groups in total. The number of allylic oxidation sites excluding steroid dienone is 1. The first-order valence-corrected chi connectivity index (χ1v) is 12.7. The first kappa shape index (κ1) is 23.8. The van der Waals surface area contributed by atoms with Crippen molar-refractivity contribution in [2.75, 3.05) is 26.8 Å². The van der Waals surface area contributed by atoms with Gasteiger partial charge in [-0.2, -0.15) is 0 Å². The Kier molecular flexibility index (Phi) is 6.80. The van der Waals surface area contributed by atoms with Crippen LogP contribution in [0.3, 0.4) is 0 Å². The first-order chi connectivity index (χ1) is 17.1. The Morgan fingerprint density at radius 1 is 1.14 bits per heavy atom. The summed E-state index contributed by atoms with van der Waals surface area (Å²) in [4.78, 5) is 31.4. The zero-order valence-electron chi connectivity index (χ0n) is 20.6. The van der Waals surface area contributed by atoms with Crippen LogP contribution in [-0.4, -0.2) is 58.2 Å². The summed E-state index contributed by atoms with van der Waals surface area (Å²) < 4.78 is 7.48. The van der Waals surface area contributed by atoms with Crippen molar-refractivity contribution in [3.8, 4) is 5.75 Å². The Morgan fingerprint density at radius 3 is 2.63 bits per heavy atom. The van der Waals surface area contributed by atoms with Crippen molar-refractivity contribution in [2.24, 2.45) is 11.8 Å². The van der Waals surface area contributed by atoms with Crippen LogP contribution in [0.1, 0.15) is 49.0 Å². The number of hydrogen-bond acceptors (Lipinski definition) is 5. The molecule has 3 aliphatic rings. The lowest BCUT2D eigenvalue weighted by Crippen LogP contribution is -2.51. The second-order valence-electron chi connectivity index (χ2n) is 9.90. The van der Waals surface area contributed by atoms with Gasteiger partial charge in [0.15, 0.2) is 0 Å². The molecule has 35 heavy (non-hydrogen) atoms. The number of carbonyl (C=O) groups excluding carboxylic acids is 1. The van der Waals surface area contributed by atoms with E-state index in [4.69, 9.17) is 4.74 Å². The Balaban J connectivity index is 1.59. The molecule has 1 aromatic heterocycles. The highest BCUT2D eigenvalue weighted by Gasteiger charge is 2.56. The van der Waals surface area contributed by atoms with Crippen molar-refractivity contribution < 1.29 is 14.6 Å². The number of aliphatic hydroxyl groups is 1. The molecule has 1 amide bonds. The maximum absolute atomic E-state index is 13.9. The molecule has 2 fully saturated rings. The van der Waals surface area contributed by atoms with Crippen molar-refractivity contribution in [1.29, 1.82) is 0 Å². The number of carbonyl (C=O) groups is 1. The molecule has 0 unspecified atom stereocenters. The molecular formula is C28H35N3O4. The molecule has 0 aliphatic carbocycles. The number of benzene rings is 1. The lowest BCUT2D eigenvalue weighted by molar-refractivity contribution is -0.139. The van der Waals surface area contributed by atoms with E-state index in [1.165, 1.54) is 0 Å². The number of aromatic nitrogens is 1. The van der Waals surface area contributed by atoms with Crippen LogP contribution in [0.5, 0.6) is 5.75 Å². The molecule has 0 radical (unpaired) electrons. The van der Waals surface area contributed by atoms with E-state index in [0.29, 0.717) is 18.7 Å². The summed E-state index contributed by atoms with van der Waals surface area (Å²) in [6, 6.07) is 11.2. The Hall–Kier alpha value is -2.90. The molecule has 2 aromatic rings. The third-order valence-electron chi connectivity index (χ3n) is 8.03. The highest BCUT2D eigenvalue weighted by molar-refractivity contribution is 5.83. The molecule has 186 valence electrons. The molecule has 5 rings (SSSR count). The Bertz CT molecular complexity index is 1170. The summed E-state index contributed by atoms with van der Waals surface area (Å²) in [6.07, 6.45) is 6.90. The molecular weight excluding hydrogens is 442 g/mol. The van der Waals surface area contributed by atoms with Gasteiger partial charge in [-0.25, -0.2) is 0 Å². The predicted molar refractivity (Wildman–Crippen MR) is 135 cm³/mol. The summed E-state index contributed by atoms with van der Waals surface area (Å²) in [5, 5.41) is 10.6. The van der Waals surface area contributed by atoms with Gasteiger partial charge in [0, 0.05) is 61.4 Å². The van der Waals surface area contributed by atoms with Gasteiger partial charge in [0.2, 0.25) is 5.91 Å². The van der Waals surface area contributed by atoms with Gasteiger partial charge in [-0.15, -0.1) is 0 Å². The molecule has 4 heterocycles. The number of pyridine rings is 1. The van der Waals surface area contributed by atoms with Crippen LogP contribution in [-0.2, 0) is 17.9 Å². The molecule has 7 nitrogen and oxygen atoms in total. The number of nitrogens with zero attached hydrogens (tertiary/aromatic N) is 3. The number of ether oxygens (including phenoxy) is 1. The van der Waals surface area contributed by atoms with Gasteiger partial charge in [0.05, 0.1) is 19.2 Å². The number of amides is 1. The highest BCUT2D eigenvalue weighted by atomic mass is 16.5. The molecule has 7 heteroatoms. The SMILES string of the molecule is C/C=C\c1ccc2n(c1=O)C[C@@H]1[C@@H](CO)[C@H](C(=O)N3CCCCC3)N(Cc3ccccc3OC)[C@H]21. The monoisotopic (exact) mass is 477 g/mol. The third-order valence-corrected chi connectivity index (χ3v) is 8.03. The molecule has 4 atom stereocenters. The number of para-hydroxylation sites is 1. The topological polar surface area (TPSA) is 75.0 Å². The van der Waals surface area contributed by atoms with Gasteiger partial charge in [-0.3, -0.25) is 14.5 Å². The first-order valence-electron chi connectivity index (χ1n) is 12.7. The minimum Gasteiger partial charge on any atom is -0.496 e. The van der Waals surface area contributed by atoms with Gasteiger partial charge in [-0.05, 0) is 44.4 Å². The van der Waals surface area contributed by atoms with Gasteiger partial charge < -0.3 is 19.3 Å². The smallest absolute Gasteiger partial charge is 0.258 e. The fraction of sp³-hybridized carbons (Fsp3) is 0.500. The fourth-order valence-electron chi connectivity index (χ4n) is 6.42. The number of fused-ring (bicyclic) bond motifs is 3. The Morgan fingerprint density at radius 2 is 1.91 bits per heavy atom. The van der Waals surface area contributed by atoms with Crippen LogP contribution in [0, 0.1) is 11.8 Å². The molecule has 2 saturated heterocycles. The summed E-state index contributed by atoms with van der Waals surface area (Å²) in [5.41, 5.74) is 2.57. The van der Waals surface area contributed by atoms with E-state index in [1.807, 2.05) is 64.9 Å². The normalized spacial score (nSPS) is 26.2. The average Bonchev–Trinajstić information content (AvgIpc) is 3.41. The van der Waals surface area contributed by atoms with Crippen LogP contribution in [0.25, 0.3) is 6.08 Å². The standard InChI is InChI=1S/C28H35N3O4/c1-3-9-19-12-13-23-25-21(17-30(23)27(19)33)22(18-32)26(28(34)29-14-7-4-8-15-29)31(25)16-20-10-5-6-11-24(20)35-2/h3,5-6,9-13,21-22,25-26,32H,4,7-8,14-18H2,1-2H3/b9-3-/t21-,22-,25+,26-/m1/s1. The minimum atomic E-state index is -0.433. The fourth-order valence-corrected chi connectivity index (χ4v) is 6.42. The van der Waals surface area contributed by atoms with Crippen LogP contribution < -0.4 is 10.3 Å². The summed E-state index contributed by atoms with van der Waals surface area (Å²) in [5.74, 6) is 0.627. The molecule has 0 bridgehead atoms. The predicted octanol–water partition coefficient (Wildman–Crippen LogP) is 3.07. The van der Waals surface area contributed by atoms with E-state index in [2.05, 4.69) is 4.90 Å². The minimum absolute atomic E-state index is 0.0113. The van der Waals surface area contributed by atoms with E-state index in [-0.39, 0.29) is 36.0 Å². The highest BCUT2D eigenvalue weighted by Crippen LogP contribution is 2.50. The number of likely N-dealkylation sites (tertiary alicyclic amines) is 2. The summed E-state index contributed by atoms with van der Waals surface area (Å²) in [7, 11) is 1.66. The van der Waals surface area contributed by atoms with Crippen LogP contribution in [0.4, 0.5) is 0 Å². The second-order valence-corrected chi connectivity index (χ2v) is 9.90. The molecule has 0 saturated carbocycles. The molecule has 3 aliphatic heterocycles. The van der Waals surface area contributed by atoms with Gasteiger partial charge in [0.25, 0.3) is 5.56 Å². The van der Waals surface area contributed by atoms with Gasteiger partial charge in [0.1, 0.15) is 5.75 Å². The van der Waals surface area contributed by atoms with E-state index in [0.717, 1.165) is 49.4 Å². The third kappa shape index (κ3) is 4.10. The van der Waals surface area contributed by atoms with Crippen molar-refractivity contribution >= 4 is 12.0 Å². The van der Waals surface area contributed by atoms with E-state index >= 15 is 0 Å². The van der Waals surface area contributed by atoms with E-state index < -0.39 is 6.04 Å². The second kappa shape index (κ2) is 9.99. The van der Waals surface area contributed by atoms with Gasteiger partial charge in [-0.1, -0.05) is 30.4 Å². The maximum Gasteiger partial charge on any atom is 0.258 e. The number of hydrogen-bond donors (Lipinski definition) is 1. The Labute approximate surface area is 206 Å². The summed E-state index contributed by atoms with van der Waals surface area (Å²) >= 11 is 0. The quantitative estimate of drug-likeness (QED) is 0.692. The van der Waals surface area contributed by atoms with E-state index in [1.54, 1.807) is 7.11 Å². The lowest BCUT2D eigenvalue weighted by Gasteiger charge is -2.36. The maximum atomic E-state index is 13.9. The summed E-state index contributed by atoms with van der Waals surface area (Å²) in [6.45, 7) is 4.39. The molecule has 0 spiro atoms. The van der Waals surface area contributed by atoms with Crippen molar-refractivity contribution in [3.05, 3.63) is 69.6 Å².